The van der Waals surface area contributed by atoms with Gasteiger partial charge in [0.25, 0.3) is 0 Å². The highest BCUT2D eigenvalue weighted by Gasteiger charge is 2.20. The van der Waals surface area contributed by atoms with Gasteiger partial charge in [0.1, 0.15) is 23.4 Å². The Morgan fingerprint density at radius 2 is 1.73 bits per heavy atom. The van der Waals surface area contributed by atoms with Gasteiger partial charge in [0.05, 0.1) is 19.7 Å². The van der Waals surface area contributed by atoms with Crippen LogP contribution in [0.2, 0.25) is 0 Å². The Balaban J connectivity index is 1.59. The van der Waals surface area contributed by atoms with E-state index in [9.17, 15) is 5.11 Å². The molecule has 3 N–H and O–H groups in total. The van der Waals surface area contributed by atoms with Crippen LogP contribution in [0.3, 0.4) is 0 Å². The number of hydrogen-bond donors (Lipinski definition) is 3. The van der Waals surface area contributed by atoms with E-state index in [2.05, 4.69) is 16.4 Å². The summed E-state index contributed by atoms with van der Waals surface area (Å²) in [5.41, 5.74) is 2.99. The van der Waals surface area contributed by atoms with E-state index in [-0.39, 0.29) is 0 Å². The van der Waals surface area contributed by atoms with Gasteiger partial charge in [-0.3, -0.25) is 5.32 Å². The van der Waals surface area contributed by atoms with E-state index < -0.39 is 12.3 Å². The molecule has 0 amide bonds. The number of aliphatic hydroxyl groups excluding tert-OH is 1. The highest BCUT2D eigenvalue weighted by Crippen LogP contribution is 2.33. The van der Waals surface area contributed by atoms with Gasteiger partial charge < -0.3 is 24.3 Å². The summed E-state index contributed by atoms with van der Waals surface area (Å²) in [6.45, 7) is 2.17. The van der Waals surface area contributed by atoms with E-state index in [1.807, 2.05) is 54.6 Å². The molecule has 0 radical (unpaired) electrons. The summed E-state index contributed by atoms with van der Waals surface area (Å²) in [6, 6.07) is 19.7. The third kappa shape index (κ3) is 3.92. The first kappa shape index (κ1) is 20.1. The molecule has 0 aliphatic carbocycles. The number of benzene rings is 3. The molecule has 0 aliphatic rings. The summed E-state index contributed by atoms with van der Waals surface area (Å²) in [7, 11) is 3.24. The smallest absolute Gasteiger partial charge is 0.176 e. The van der Waals surface area contributed by atoms with Crippen LogP contribution in [0.5, 0.6) is 17.2 Å². The van der Waals surface area contributed by atoms with Crippen LogP contribution >= 0.6 is 0 Å². The van der Waals surface area contributed by atoms with Crippen molar-refractivity contribution in [1.82, 2.24) is 10.3 Å². The van der Waals surface area contributed by atoms with Crippen molar-refractivity contribution < 1.29 is 19.3 Å². The van der Waals surface area contributed by atoms with Crippen LogP contribution < -0.4 is 19.5 Å². The number of H-pyrrole nitrogens is 1. The van der Waals surface area contributed by atoms with E-state index in [0.29, 0.717) is 18.0 Å². The molecular weight excluding hydrogens is 380 g/mol. The molecule has 4 aromatic rings. The summed E-state index contributed by atoms with van der Waals surface area (Å²) >= 11 is 0. The third-order valence-electron chi connectivity index (χ3n) is 5.17. The van der Waals surface area contributed by atoms with Crippen molar-refractivity contribution in [3.8, 4) is 17.2 Å². The molecular formula is C24H26N2O4. The largest absolute Gasteiger partial charge is 0.497 e. The standard InChI is InChI=1S/C24H26N2O4/c1-15(27)24(25-14-16-11-12-17(28-2)13-22(16)29-3)30-21-10-6-9-20-23(21)18-7-4-5-8-19(18)26-20/h4-13,15,24-27H,14H2,1-3H3. The van der Waals surface area contributed by atoms with Gasteiger partial charge in [0.15, 0.2) is 6.23 Å². The summed E-state index contributed by atoms with van der Waals surface area (Å²) in [4.78, 5) is 3.41. The van der Waals surface area contributed by atoms with Gasteiger partial charge in [-0.15, -0.1) is 0 Å². The van der Waals surface area contributed by atoms with E-state index in [1.165, 1.54) is 0 Å². The highest BCUT2D eigenvalue weighted by molar-refractivity contribution is 6.10. The van der Waals surface area contributed by atoms with Gasteiger partial charge in [-0.2, -0.15) is 0 Å². The molecule has 1 aromatic heterocycles. The Bertz CT molecular complexity index is 1150. The van der Waals surface area contributed by atoms with Gasteiger partial charge >= 0.3 is 0 Å². The van der Waals surface area contributed by atoms with E-state index in [0.717, 1.165) is 33.1 Å². The molecule has 6 heteroatoms. The van der Waals surface area contributed by atoms with Crippen molar-refractivity contribution in [1.29, 1.82) is 0 Å². The molecule has 6 nitrogen and oxygen atoms in total. The molecule has 0 fully saturated rings. The van der Waals surface area contributed by atoms with E-state index in [1.54, 1.807) is 21.1 Å². The first-order valence-corrected chi connectivity index (χ1v) is 9.89. The Labute approximate surface area is 175 Å². The maximum Gasteiger partial charge on any atom is 0.176 e. The lowest BCUT2D eigenvalue weighted by atomic mass is 10.1. The van der Waals surface area contributed by atoms with Gasteiger partial charge in [-0.25, -0.2) is 0 Å². The molecule has 0 saturated carbocycles. The molecule has 156 valence electrons. The second kappa shape index (κ2) is 8.65. The number of rotatable bonds is 8. The molecule has 3 aromatic carbocycles. The second-order valence-electron chi connectivity index (χ2n) is 7.19. The molecule has 0 saturated heterocycles. The molecule has 30 heavy (non-hydrogen) atoms. The molecule has 2 unspecified atom stereocenters. The number of ether oxygens (including phenoxy) is 3. The number of nitrogens with one attached hydrogen (secondary N) is 2. The SMILES string of the molecule is COc1ccc(CNC(Oc2cccc3[nH]c4ccccc4c23)C(C)O)c(OC)c1. The monoisotopic (exact) mass is 406 g/mol. The molecule has 2 atom stereocenters. The van der Waals surface area contributed by atoms with Crippen molar-refractivity contribution in [2.75, 3.05) is 14.2 Å². The Hall–Kier alpha value is -3.22. The lowest BCUT2D eigenvalue weighted by molar-refractivity contribution is 0.0266. The van der Waals surface area contributed by atoms with E-state index >= 15 is 0 Å². The predicted molar refractivity (Wildman–Crippen MR) is 118 cm³/mol. The number of hydrogen-bond acceptors (Lipinski definition) is 5. The van der Waals surface area contributed by atoms with Crippen LogP contribution in [0.1, 0.15) is 12.5 Å². The number of methoxy groups -OCH3 is 2. The van der Waals surface area contributed by atoms with Crippen LogP contribution in [-0.2, 0) is 6.54 Å². The van der Waals surface area contributed by atoms with E-state index in [4.69, 9.17) is 14.2 Å². The van der Waals surface area contributed by atoms with Crippen molar-refractivity contribution in [2.45, 2.75) is 25.8 Å². The molecule has 1 heterocycles. The normalized spacial score (nSPS) is 13.3. The predicted octanol–water partition coefficient (Wildman–Crippen LogP) is 4.21. The van der Waals surface area contributed by atoms with Crippen LogP contribution in [0.15, 0.2) is 60.7 Å². The lowest BCUT2D eigenvalue weighted by Gasteiger charge is -2.24. The van der Waals surface area contributed by atoms with Gasteiger partial charge in [0.2, 0.25) is 0 Å². The van der Waals surface area contributed by atoms with Crippen LogP contribution in [0.25, 0.3) is 21.8 Å². The Morgan fingerprint density at radius 1 is 0.933 bits per heavy atom. The van der Waals surface area contributed by atoms with Crippen molar-refractivity contribution in [2.24, 2.45) is 0 Å². The summed E-state index contributed by atoms with van der Waals surface area (Å²) in [6.07, 6.45) is -1.33. The van der Waals surface area contributed by atoms with Crippen LogP contribution in [0, 0.1) is 0 Å². The number of para-hydroxylation sites is 1. The maximum atomic E-state index is 10.3. The maximum absolute atomic E-state index is 10.3. The van der Waals surface area contributed by atoms with Crippen molar-refractivity contribution in [3.63, 3.8) is 0 Å². The molecule has 0 bridgehead atoms. The number of aliphatic hydroxyl groups is 1. The Kier molecular flexibility index (Phi) is 5.79. The topological polar surface area (TPSA) is 75.7 Å². The number of aromatic amines is 1. The minimum Gasteiger partial charge on any atom is -0.497 e. The quantitative estimate of drug-likeness (QED) is 0.382. The average Bonchev–Trinajstić information content (AvgIpc) is 3.15. The zero-order valence-corrected chi connectivity index (χ0v) is 17.3. The molecule has 0 spiro atoms. The summed E-state index contributed by atoms with van der Waals surface area (Å²) < 4.78 is 17.0. The van der Waals surface area contributed by atoms with Crippen molar-refractivity contribution in [3.05, 3.63) is 66.2 Å². The minimum absolute atomic E-state index is 0.465. The number of aromatic nitrogens is 1. The Morgan fingerprint density at radius 3 is 2.50 bits per heavy atom. The zero-order valence-electron chi connectivity index (χ0n) is 17.3. The van der Waals surface area contributed by atoms with Gasteiger partial charge in [-0.1, -0.05) is 30.3 Å². The fourth-order valence-corrected chi connectivity index (χ4v) is 3.62. The first-order chi connectivity index (χ1) is 14.6. The average molecular weight is 406 g/mol. The third-order valence-corrected chi connectivity index (χ3v) is 5.17. The van der Waals surface area contributed by atoms with Gasteiger partial charge in [-0.05, 0) is 31.2 Å². The van der Waals surface area contributed by atoms with Crippen LogP contribution in [0.4, 0.5) is 0 Å². The van der Waals surface area contributed by atoms with Crippen LogP contribution in [-0.4, -0.2) is 36.6 Å². The fraction of sp³-hybridized carbons (Fsp3) is 0.250. The molecule has 0 aliphatic heterocycles. The highest BCUT2D eigenvalue weighted by atomic mass is 16.5. The fourth-order valence-electron chi connectivity index (χ4n) is 3.62. The summed E-state index contributed by atoms with van der Waals surface area (Å²) in [5.74, 6) is 2.15. The first-order valence-electron chi connectivity index (χ1n) is 9.89. The van der Waals surface area contributed by atoms with Gasteiger partial charge in [0, 0.05) is 34.5 Å². The second-order valence-corrected chi connectivity index (χ2v) is 7.19. The lowest BCUT2D eigenvalue weighted by Crippen LogP contribution is -2.42. The minimum atomic E-state index is -0.727. The number of fused-ring (bicyclic) bond motifs is 3. The summed E-state index contributed by atoms with van der Waals surface area (Å²) in [5, 5.41) is 15.7. The van der Waals surface area contributed by atoms with Crippen molar-refractivity contribution >= 4 is 21.8 Å². The zero-order chi connectivity index (χ0) is 21.1. The molecule has 4 rings (SSSR count).